The van der Waals surface area contributed by atoms with E-state index in [1.54, 1.807) is 6.92 Å². The number of methoxy groups -OCH3 is 2. The highest BCUT2D eigenvalue weighted by Crippen LogP contribution is 2.34. The monoisotopic (exact) mass is 384 g/mol. The molecule has 8 heteroatoms. The zero-order valence-electron chi connectivity index (χ0n) is 15.4. The van der Waals surface area contributed by atoms with Crippen LogP contribution in [0.5, 0.6) is 11.5 Å². The number of anilines is 1. The lowest BCUT2D eigenvalue weighted by atomic mass is 10.1. The molecule has 28 heavy (non-hydrogen) atoms. The van der Waals surface area contributed by atoms with Gasteiger partial charge in [0, 0.05) is 23.2 Å². The summed E-state index contributed by atoms with van der Waals surface area (Å²) in [6.07, 6.45) is 0. The Morgan fingerprint density at radius 3 is 2.36 bits per heavy atom. The van der Waals surface area contributed by atoms with Crippen LogP contribution in [-0.2, 0) is 0 Å². The molecule has 0 radical (unpaired) electrons. The fourth-order valence-electron chi connectivity index (χ4n) is 2.87. The third-order valence-corrected chi connectivity index (χ3v) is 4.15. The van der Waals surface area contributed by atoms with Gasteiger partial charge < -0.3 is 19.9 Å². The lowest BCUT2D eigenvalue weighted by Gasteiger charge is -2.14. The number of benzene rings is 2. The van der Waals surface area contributed by atoms with Crippen LogP contribution < -0.4 is 14.8 Å². The average Bonchev–Trinajstić information content (AvgIpc) is 2.66. The van der Waals surface area contributed by atoms with Crippen LogP contribution in [0.2, 0.25) is 0 Å². The van der Waals surface area contributed by atoms with Gasteiger partial charge in [-0.15, -0.1) is 0 Å². The first kappa shape index (κ1) is 19.1. The molecule has 0 spiro atoms. The number of aryl methyl sites for hydroxylation is 1. The molecule has 7 nitrogen and oxygen atoms in total. The first-order valence-electron chi connectivity index (χ1n) is 8.21. The number of halogens is 1. The van der Waals surface area contributed by atoms with Gasteiger partial charge in [-0.05, 0) is 31.2 Å². The van der Waals surface area contributed by atoms with Crippen molar-refractivity contribution in [3.05, 3.63) is 59.0 Å². The maximum atomic E-state index is 13.7. The Bertz CT molecular complexity index is 1100. The van der Waals surface area contributed by atoms with Crippen molar-refractivity contribution in [2.45, 2.75) is 6.92 Å². The topological polar surface area (TPSA) is 97.8 Å². The molecule has 3 rings (SSSR count). The molecular formula is C20H17FN2O5. The number of hydrogen-bond acceptors (Lipinski definition) is 5. The predicted octanol–water partition coefficient (Wildman–Crippen LogP) is 3.65. The molecule has 1 amide bonds. The van der Waals surface area contributed by atoms with Crippen molar-refractivity contribution in [1.29, 1.82) is 0 Å². The lowest BCUT2D eigenvalue weighted by Crippen LogP contribution is -2.16. The van der Waals surface area contributed by atoms with E-state index in [0.29, 0.717) is 16.6 Å². The summed E-state index contributed by atoms with van der Waals surface area (Å²) in [6.45, 7) is 1.71. The van der Waals surface area contributed by atoms with E-state index in [1.165, 1.54) is 50.6 Å². The number of carbonyl (C=O) groups is 2. The molecule has 0 fully saturated rings. The van der Waals surface area contributed by atoms with E-state index in [9.17, 15) is 19.1 Å². The highest BCUT2D eigenvalue weighted by Gasteiger charge is 2.20. The van der Waals surface area contributed by atoms with Crippen molar-refractivity contribution >= 4 is 28.5 Å². The van der Waals surface area contributed by atoms with E-state index in [4.69, 9.17) is 9.47 Å². The quantitative estimate of drug-likeness (QED) is 0.697. The number of ether oxygens (including phenoxy) is 2. The number of aromatic nitrogens is 1. The summed E-state index contributed by atoms with van der Waals surface area (Å²) in [5, 5.41) is 12.4. The molecule has 0 unspecified atom stereocenters. The molecule has 0 atom stereocenters. The number of amides is 1. The molecule has 0 bridgehead atoms. The molecule has 0 aliphatic rings. The summed E-state index contributed by atoms with van der Waals surface area (Å²) in [5.41, 5.74) is 1.04. The Morgan fingerprint density at radius 1 is 1.04 bits per heavy atom. The van der Waals surface area contributed by atoms with E-state index in [2.05, 4.69) is 10.3 Å². The van der Waals surface area contributed by atoms with Crippen LogP contribution in [0.1, 0.15) is 26.4 Å². The van der Waals surface area contributed by atoms with Crippen LogP contribution in [0.3, 0.4) is 0 Å². The van der Waals surface area contributed by atoms with Gasteiger partial charge in [-0.2, -0.15) is 0 Å². The summed E-state index contributed by atoms with van der Waals surface area (Å²) in [5.74, 6) is -1.90. The van der Waals surface area contributed by atoms with Crippen molar-refractivity contribution in [2.24, 2.45) is 0 Å². The Kier molecular flexibility index (Phi) is 5.12. The van der Waals surface area contributed by atoms with Crippen molar-refractivity contribution in [2.75, 3.05) is 19.5 Å². The van der Waals surface area contributed by atoms with Crippen LogP contribution in [-0.4, -0.2) is 36.2 Å². The van der Waals surface area contributed by atoms with Crippen molar-refractivity contribution in [1.82, 2.24) is 4.98 Å². The molecule has 1 aromatic heterocycles. The first-order valence-corrected chi connectivity index (χ1v) is 8.21. The van der Waals surface area contributed by atoms with E-state index in [0.717, 1.165) is 0 Å². The Hall–Kier alpha value is -3.68. The molecule has 0 aliphatic heterocycles. The number of carboxylic acid groups (broad SMARTS) is 1. The zero-order valence-corrected chi connectivity index (χ0v) is 15.4. The molecular weight excluding hydrogens is 367 g/mol. The summed E-state index contributed by atoms with van der Waals surface area (Å²) in [4.78, 5) is 28.8. The minimum Gasteiger partial charge on any atom is -0.493 e. The lowest BCUT2D eigenvalue weighted by molar-refractivity contribution is 0.0697. The van der Waals surface area contributed by atoms with Gasteiger partial charge in [0.2, 0.25) is 0 Å². The van der Waals surface area contributed by atoms with E-state index in [1.807, 2.05) is 0 Å². The molecule has 1 heterocycles. The number of fused-ring (bicyclic) bond motifs is 1. The minimum absolute atomic E-state index is 0.0224. The van der Waals surface area contributed by atoms with Gasteiger partial charge in [0.25, 0.3) is 5.91 Å². The zero-order chi connectivity index (χ0) is 20.4. The predicted molar refractivity (Wildman–Crippen MR) is 101 cm³/mol. The van der Waals surface area contributed by atoms with Gasteiger partial charge in [-0.25, -0.2) is 9.18 Å². The highest BCUT2D eigenvalue weighted by atomic mass is 19.1. The van der Waals surface area contributed by atoms with Gasteiger partial charge in [0.05, 0.1) is 36.6 Å². The van der Waals surface area contributed by atoms with Crippen LogP contribution in [0.4, 0.5) is 10.1 Å². The maximum Gasteiger partial charge on any atom is 0.337 e. The fraction of sp³-hybridized carbons (Fsp3) is 0.150. The third-order valence-electron chi connectivity index (χ3n) is 4.15. The number of hydrogen-bond donors (Lipinski definition) is 2. The summed E-state index contributed by atoms with van der Waals surface area (Å²) in [6, 6.07) is 8.08. The first-order chi connectivity index (χ1) is 13.3. The standard InChI is InChI=1S/C20H17FN2O5/c1-10-6-13(12-7-11(21)4-5-15(12)22-10)19(24)23-16-9-18(28-3)17(27-2)8-14(16)20(25)26/h4-9H,1-3H3,(H,23,24)(H,25,26). The van der Waals surface area contributed by atoms with Crippen LogP contribution in [0.25, 0.3) is 10.9 Å². The number of nitrogens with zero attached hydrogens (tertiary/aromatic N) is 1. The molecule has 0 aliphatic carbocycles. The Morgan fingerprint density at radius 2 is 1.71 bits per heavy atom. The van der Waals surface area contributed by atoms with Gasteiger partial charge in [-0.1, -0.05) is 0 Å². The summed E-state index contributed by atoms with van der Waals surface area (Å²) >= 11 is 0. The number of nitrogens with one attached hydrogen (secondary N) is 1. The summed E-state index contributed by atoms with van der Waals surface area (Å²) in [7, 11) is 2.77. The normalized spacial score (nSPS) is 10.6. The second-order valence-electron chi connectivity index (χ2n) is 5.98. The number of carbonyl (C=O) groups excluding carboxylic acids is 1. The van der Waals surface area contributed by atoms with Gasteiger partial charge in [-0.3, -0.25) is 9.78 Å². The Balaban J connectivity index is 2.10. The number of carboxylic acids is 1. The van der Waals surface area contributed by atoms with Crippen LogP contribution >= 0.6 is 0 Å². The molecule has 144 valence electrons. The van der Waals surface area contributed by atoms with E-state index >= 15 is 0 Å². The van der Waals surface area contributed by atoms with Crippen molar-refractivity contribution in [3.63, 3.8) is 0 Å². The Labute approximate surface area is 159 Å². The number of rotatable bonds is 5. The van der Waals surface area contributed by atoms with Gasteiger partial charge >= 0.3 is 5.97 Å². The van der Waals surface area contributed by atoms with Crippen LogP contribution in [0.15, 0.2) is 36.4 Å². The highest BCUT2D eigenvalue weighted by molar-refractivity contribution is 6.14. The molecule has 0 saturated heterocycles. The van der Waals surface area contributed by atoms with Gasteiger partial charge in [0.15, 0.2) is 11.5 Å². The second kappa shape index (κ2) is 7.51. The van der Waals surface area contributed by atoms with Crippen LogP contribution in [0, 0.1) is 12.7 Å². The molecule has 0 saturated carbocycles. The SMILES string of the molecule is COc1cc(NC(=O)c2cc(C)nc3ccc(F)cc23)c(C(=O)O)cc1OC. The molecule has 2 aromatic carbocycles. The minimum atomic E-state index is -1.25. The third kappa shape index (κ3) is 3.57. The smallest absolute Gasteiger partial charge is 0.337 e. The van der Waals surface area contributed by atoms with Crippen molar-refractivity contribution < 1.29 is 28.6 Å². The largest absolute Gasteiger partial charge is 0.493 e. The molecule has 3 aromatic rings. The second-order valence-corrected chi connectivity index (χ2v) is 5.98. The van der Waals surface area contributed by atoms with E-state index in [-0.39, 0.29) is 28.3 Å². The maximum absolute atomic E-state index is 13.7. The summed E-state index contributed by atoms with van der Waals surface area (Å²) < 4.78 is 24.0. The number of aromatic carboxylic acids is 1. The number of pyridine rings is 1. The van der Waals surface area contributed by atoms with Gasteiger partial charge in [0.1, 0.15) is 5.82 Å². The van der Waals surface area contributed by atoms with Crippen molar-refractivity contribution in [3.8, 4) is 11.5 Å². The average molecular weight is 384 g/mol. The molecule has 2 N–H and O–H groups in total. The van der Waals surface area contributed by atoms with E-state index < -0.39 is 17.7 Å². The fourth-order valence-corrected chi connectivity index (χ4v) is 2.87.